The Bertz CT molecular complexity index is 1330. The minimum absolute atomic E-state index is 0.113. The number of amides is 4. The lowest BCUT2D eigenvalue weighted by molar-refractivity contribution is -0.140. The molecule has 0 aromatic heterocycles. The van der Waals surface area contributed by atoms with Gasteiger partial charge in [-0.05, 0) is 61.9 Å². The van der Waals surface area contributed by atoms with E-state index >= 15 is 0 Å². The third kappa shape index (κ3) is 3.19. The monoisotopic (exact) mass is 498 g/mol. The molecule has 4 aliphatic rings. The van der Waals surface area contributed by atoms with E-state index in [0.717, 1.165) is 11.1 Å². The maximum Gasteiger partial charge on any atom is 0.241 e. The first-order valence-corrected chi connectivity index (χ1v) is 13.1. The Labute approximate surface area is 215 Å². The Kier molecular flexibility index (Phi) is 5.37. The molecule has 2 aliphatic carbocycles. The first kappa shape index (κ1) is 23.6. The van der Waals surface area contributed by atoms with Gasteiger partial charge in [0.25, 0.3) is 0 Å². The van der Waals surface area contributed by atoms with Crippen molar-refractivity contribution in [3.05, 3.63) is 71.8 Å². The summed E-state index contributed by atoms with van der Waals surface area (Å²) in [6.07, 6.45) is 3.54. The quantitative estimate of drug-likeness (QED) is 0.507. The van der Waals surface area contributed by atoms with Gasteiger partial charge < -0.3 is 5.11 Å². The Hall–Kier alpha value is -3.74. The molecule has 4 amide bonds. The van der Waals surface area contributed by atoms with E-state index in [1.54, 1.807) is 48.5 Å². The lowest BCUT2D eigenvalue weighted by Gasteiger charge is -2.49. The molecule has 2 aromatic carbocycles. The average Bonchev–Trinajstić information content (AvgIpc) is 3.25. The predicted octanol–water partition coefficient (Wildman–Crippen LogP) is 4.03. The standard InChI is InChI=1S/C30H30N2O5/c1-3-15-31-26(34)21-14-13-20-22(24(21)28(31)36)16-23-27(35)32(18-7-5-4-6-8-18)29(37)30(23,2)25(20)17-9-11-19(33)12-10-17/h4-13,21-25,33H,3,14-16H2,1-2H3/t21-,22+,23-,24-,25-,30+/m0/s1. The minimum Gasteiger partial charge on any atom is -0.508 e. The number of phenols is 1. The summed E-state index contributed by atoms with van der Waals surface area (Å²) in [5, 5.41) is 9.96. The van der Waals surface area contributed by atoms with Crippen LogP contribution in [-0.4, -0.2) is 40.2 Å². The number of hydrogen-bond acceptors (Lipinski definition) is 5. The zero-order valence-electron chi connectivity index (χ0n) is 21.0. The molecular weight excluding hydrogens is 468 g/mol. The van der Waals surface area contributed by atoms with Gasteiger partial charge in [-0.25, -0.2) is 4.90 Å². The number of phenolic OH excluding ortho intramolecular Hbond substituents is 1. The summed E-state index contributed by atoms with van der Waals surface area (Å²) in [6.45, 7) is 4.21. The molecule has 190 valence electrons. The van der Waals surface area contributed by atoms with Crippen molar-refractivity contribution < 1.29 is 24.3 Å². The van der Waals surface area contributed by atoms with Crippen LogP contribution >= 0.6 is 0 Å². The fourth-order valence-corrected chi connectivity index (χ4v) is 7.39. The Morgan fingerprint density at radius 2 is 1.62 bits per heavy atom. The summed E-state index contributed by atoms with van der Waals surface area (Å²) in [7, 11) is 0. The topological polar surface area (TPSA) is 95.0 Å². The number of rotatable bonds is 4. The predicted molar refractivity (Wildman–Crippen MR) is 136 cm³/mol. The second-order valence-electron chi connectivity index (χ2n) is 10.9. The van der Waals surface area contributed by atoms with Crippen molar-refractivity contribution in [1.82, 2.24) is 4.90 Å². The molecule has 1 N–H and O–H groups in total. The molecule has 2 saturated heterocycles. The van der Waals surface area contributed by atoms with Crippen LogP contribution in [0.1, 0.15) is 44.6 Å². The van der Waals surface area contributed by atoms with Crippen LogP contribution in [0.2, 0.25) is 0 Å². The number of hydrogen-bond donors (Lipinski definition) is 1. The molecule has 6 rings (SSSR count). The van der Waals surface area contributed by atoms with Crippen molar-refractivity contribution in [2.45, 2.75) is 39.0 Å². The van der Waals surface area contributed by atoms with E-state index in [9.17, 15) is 24.3 Å². The number of likely N-dealkylation sites (tertiary alicyclic amines) is 1. The fraction of sp³-hybridized carbons (Fsp3) is 0.400. The fourth-order valence-electron chi connectivity index (χ4n) is 7.39. The number of benzene rings is 2. The van der Waals surface area contributed by atoms with E-state index in [0.29, 0.717) is 31.5 Å². The second kappa shape index (κ2) is 8.40. The number of anilines is 1. The SMILES string of the molecule is CCCN1C(=O)[C@H]2[C@H](CC=C3[C@H]2C[C@H]2C(=O)N(c4ccccc4)C(=O)[C@@]2(C)[C@H]3c2ccc(O)cc2)C1=O. The largest absolute Gasteiger partial charge is 0.508 e. The summed E-state index contributed by atoms with van der Waals surface area (Å²) in [4.78, 5) is 57.6. The van der Waals surface area contributed by atoms with Gasteiger partial charge >= 0.3 is 0 Å². The number of para-hydroxylation sites is 1. The van der Waals surface area contributed by atoms with Crippen LogP contribution in [0.5, 0.6) is 5.75 Å². The molecule has 2 aliphatic heterocycles. The van der Waals surface area contributed by atoms with Gasteiger partial charge in [0, 0.05) is 12.5 Å². The number of allylic oxidation sites excluding steroid dienone is 2. The highest BCUT2D eigenvalue weighted by Gasteiger charge is 2.67. The number of fused-ring (bicyclic) bond motifs is 4. The van der Waals surface area contributed by atoms with Gasteiger partial charge in [-0.3, -0.25) is 24.1 Å². The highest BCUT2D eigenvalue weighted by molar-refractivity contribution is 6.24. The van der Waals surface area contributed by atoms with Gasteiger partial charge in [0.15, 0.2) is 0 Å². The highest BCUT2D eigenvalue weighted by atomic mass is 16.3. The van der Waals surface area contributed by atoms with Crippen LogP contribution in [0.4, 0.5) is 5.69 Å². The van der Waals surface area contributed by atoms with Crippen molar-refractivity contribution in [3.63, 3.8) is 0 Å². The van der Waals surface area contributed by atoms with Crippen LogP contribution in [0, 0.1) is 29.1 Å². The molecule has 7 nitrogen and oxygen atoms in total. The Morgan fingerprint density at radius 3 is 2.30 bits per heavy atom. The molecule has 7 heteroatoms. The zero-order valence-corrected chi connectivity index (χ0v) is 21.0. The van der Waals surface area contributed by atoms with Gasteiger partial charge in [-0.2, -0.15) is 0 Å². The van der Waals surface area contributed by atoms with E-state index < -0.39 is 29.1 Å². The smallest absolute Gasteiger partial charge is 0.241 e. The number of aromatic hydroxyl groups is 1. The molecule has 6 atom stereocenters. The molecule has 0 unspecified atom stereocenters. The summed E-state index contributed by atoms with van der Waals surface area (Å²) in [6, 6.07) is 15.7. The minimum atomic E-state index is -1.06. The van der Waals surface area contributed by atoms with Crippen molar-refractivity contribution in [2.24, 2.45) is 29.1 Å². The molecule has 37 heavy (non-hydrogen) atoms. The normalized spacial score (nSPS) is 32.8. The van der Waals surface area contributed by atoms with E-state index in [-0.39, 0.29) is 35.3 Å². The van der Waals surface area contributed by atoms with Gasteiger partial charge in [-0.15, -0.1) is 0 Å². The van der Waals surface area contributed by atoms with Crippen molar-refractivity contribution in [1.29, 1.82) is 0 Å². The van der Waals surface area contributed by atoms with Crippen molar-refractivity contribution in [3.8, 4) is 5.75 Å². The molecule has 0 radical (unpaired) electrons. The number of carbonyl (C=O) groups excluding carboxylic acids is 4. The second-order valence-corrected chi connectivity index (χ2v) is 10.9. The highest BCUT2D eigenvalue weighted by Crippen LogP contribution is 2.63. The molecule has 0 bridgehead atoms. The summed E-state index contributed by atoms with van der Waals surface area (Å²) >= 11 is 0. The average molecular weight is 499 g/mol. The van der Waals surface area contributed by atoms with Gasteiger partial charge in [-0.1, -0.05) is 48.9 Å². The lowest BCUT2D eigenvalue weighted by Crippen LogP contribution is -2.48. The maximum absolute atomic E-state index is 14.2. The Balaban J connectivity index is 1.50. The van der Waals surface area contributed by atoms with Gasteiger partial charge in [0.05, 0.1) is 28.9 Å². The third-order valence-corrected chi connectivity index (χ3v) is 9.05. The molecular formula is C30H30N2O5. The summed E-state index contributed by atoms with van der Waals surface area (Å²) in [5.74, 6) is -3.01. The molecule has 3 fully saturated rings. The number of nitrogens with zero attached hydrogens (tertiary/aromatic N) is 2. The molecule has 2 aromatic rings. The van der Waals surface area contributed by atoms with Crippen LogP contribution in [0.3, 0.4) is 0 Å². The van der Waals surface area contributed by atoms with Gasteiger partial charge in [0.1, 0.15) is 5.75 Å². The molecule has 1 saturated carbocycles. The first-order valence-electron chi connectivity index (χ1n) is 13.1. The van der Waals surface area contributed by atoms with Crippen LogP contribution in [0.15, 0.2) is 66.2 Å². The van der Waals surface area contributed by atoms with E-state index in [4.69, 9.17) is 0 Å². The summed E-state index contributed by atoms with van der Waals surface area (Å²) in [5.41, 5.74) is 1.25. The lowest BCUT2D eigenvalue weighted by atomic mass is 9.51. The molecule has 0 spiro atoms. The van der Waals surface area contributed by atoms with E-state index in [1.165, 1.54) is 9.80 Å². The first-order chi connectivity index (χ1) is 17.8. The van der Waals surface area contributed by atoms with E-state index in [2.05, 4.69) is 0 Å². The Morgan fingerprint density at radius 1 is 0.919 bits per heavy atom. The number of imide groups is 2. The maximum atomic E-state index is 14.2. The van der Waals surface area contributed by atoms with Crippen LogP contribution in [-0.2, 0) is 19.2 Å². The van der Waals surface area contributed by atoms with Crippen LogP contribution < -0.4 is 4.90 Å². The van der Waals surface area contributed by atoms with E-state index in [1.807, 2.05) is 26.0 Å². The third-order valence-electron chi connectivity index (χ3n) is 9.05. The number of carbonyl (C=O) groups is 4. The molecule has 2 heterocycles. The van der Waals surface area contributed by atoms with Crippen LogP contribution in [0.25, 0.3) is 0 Å². The van der Waals surface area contributed by atoms with Gasteiger partial charge in [0.2, 0.25) is 23.6 Å². The van der Waals surface area contributed by atoms with Crippen molar-refractivity contribution >= 4 is 29.3 Å². The zero-order chi connectivity index (χ0) is 26.1. The van der Waals surface area contributed by atoms with Crippen molar-refractivity contribution in [2.75, 3.05) is 11.4 Å². The summed E-state index contributed by atoms with van der Waals surface area (Å²) < 4.78 is 0.